The number of ether oxygens (including phenoxy) is 3. The number of hydrogen-bond donors (Lipinski definition) is 2. The zero-order chi connectivity index (χ0) is 20.6. The molecule has 0 heterocycles. The Morgan fingerprint density at radius 3 is 2.41 bits per heavy atom. The topological polar surface area (TPSA) is 68.8 Å². The van der Waals surface area contributed by atoms with Crippen LogP contribution in [0.3, 0.4) is 0 Å². The van der Waals surface area contributed by atoms with Crippen molar-refractivity contribution in [1.82, 2.24) is 5.32 Å². The minimum Gasteiger partial charge on any atom is -0.493 e. The Bertz CT molecular complexity index is 977. The van der Waals surface area contributed by atoms with Crippen molar-refractivity contribution in [2.24, 2.45) is 0 Å². The summed E-state index contributed by atoms with van der Waals surface area (Å²) >= 11 is 0. The van der Waals surface area contributed by atoms with E-state index in [-0.39, 0.29) is 11.8 Å². The lowest BCUT2D eigenvalue weighted by atomic mass is 10.2. The molecule has 0 saturated heterocycles. The van der Waals surface area contributed by atoms with Crippen molar-refractivity contribution < 1.29 is 23.4 Å². The second kappa shape index (κ2) is 9.45. The summed E-state index contributed by atoms with van der Waals surface area (Å²) in [6.07, 6.45) is 0. The second-order valence-corrected chi connectivity index (χ2v) is 6.05. The molecule has 0 fully saturated rings. The Balaban J connectivity index is 1.60. The van der Waals surface area contributed by atoms with Crippen LogP contribution in [0.25, 0.3) is 0 Å². The van der Waals surface area contributed by atoms with Crippen LogP contribution in [0.4, 0.5) is 14.9 Å². The maximum atomic E-state index is 13.0. The minimum absolute atomic E-state index is 0.290. The Morgan fingerprint density at radius 2 is 1.69 bits per heavy atom. The zero-order valence-corrected chi connectivity index (χ0v) is 16.1. The van der Waals surface area contributed by atoms with E-state index in [1.54, 1.807) is 42.5 Å². The molecule has 6 nitrogen and oxygen atoms in total. The average molecular weight is 396 g/mol. The summed E-state index contributed by atoms with van der Waals surface area (Å²) in [6.45, 7) is 0.290. The summed E-state index contributed by atoms with van der Waals surface area (Å²) in [5.74, 6) is 1.76. The molecule has 0 aliphatic rings. The number of amides is 2. The molecule has 0 spiro atoms. The second-order valence-electron chi connectivity index (χ2n) is 6.05. The smallest absolute Gasteiger partial charge is 0.319 e. The van der Waals surface area contributed by atoms with Gasteiger partial charge in [-0.05, 0) is 54.1 Å². The molecule has 7 heteroatoms. The minimum atomic E-state index is -0.388. The summed E-state index contributed by atoms with van der Waals surface area (Å²) < 4.78 is 29.2. The van der Waals surface area contributed by atoms with Gasteiger partial charge in [0.25, 0.3) is 0 Å². The van der Waals surface area contributed by atoms with Crippen molar-refractivity contribution in [2.75, 3.05) is 19.5 Å². The van der Waals surface area contributed by atoms with Gasteiger partial charge in [-0.1, -0.05) is 18.2 Å². The highest BCUT2D eigenvalue weighted by atomic mass is 19.1. The molecule has 3 aromatic carbocycles. The molecule has 0 radical (unpaired) electrons. The third-order valence-corrected chi connectivity index (χ3v) is 4.05. The Labute approximate surface area is 168 Å². The molecule has 3 aromatic rings. The van der Waals surface area contributed by atoms with E-state index >= 15 is 0 Å². The molecule has 0 aromatic heterocycles. The first kappa shape index (κ1) is 20.0. The van der Waals surface area contributed by atoms with Crippen LogP contribution in [0.5, 0.6) is 23.0 Å². The molecule has 2 amide bonds. The van der Waals surface area contributed by atoms with Gasteiger partial charge in [0.2, 0.25) is 0 Å². The summed E-state index contributed by atoms with van der Waals surface area (Å²) in [5.41, 5.74) is 1.34. The molecular formula is C22H21FN2O4. The van der Waals surface area contributed by atoms with Crippen LogP contribution >= 0.6 is 0 Å². The van der Waals surface area contributed by atoms with Gasteiger partial charge >= 0.3 is 6.03 Å². The SMILES string of the molecule is COc1cccc(NC(=O)NCc2cccc(Oc3ccc(F)cc3)c2)c1OC. The van der Waals surface area contributed by atoms with E-state index in [1.165, 1.54) is 26.4 Å². The van der Waals surface area contributed by atoms with E-state index in [1.807, 2.05) is 12.1 Å². The van der Waals surface area contributed by atoms with Gasteiger partial charge in [0.15, 0.2) is 11.5 Å². The van der Waals surface area contributed by atoms with E-state index in [4.69, 9.17) is 14.2 Å². The van der Waals surface area contributed by atoms with E-state index in [0.717, 1.165) is 5.56 Å². The Kier molecular flexibility index (Phi) is 6.52. The number of hydrogen-bond acceptors (Lipinski definition) is 4. The summed E-state index contributed by atoms with van der Waals surface area (Å²) in [4.78, 5) is 12.3. The normalized spacial score (nSPS) is 10.2. The average Bonchev–Trinajstić information content (AvgIpc) is 2.74. The predicted molar refractivity (Wildman–Crippen MR) is 108 cm³/mol. The maximum Gasteiger partial charge on any atom is 0.319 e. The van der Waals surface area contributed by atoms with Crippen LogP contribution in [0.2, 0.25) is 0 Å². The number of urea groups is 1. The van der Waals surface area contributed by atoms with Gasteiger partial charge in [-0.25, -0.2) is 9.18 Å². The highest BCUT2D eigenvalue weighted by molar-refractivity contribution is 5.91. The molecule has 0 saturated carbocycles. The first-order valence-corrected chi connectivity index (χ1v) is 8.87. The number of methoxy groups -OCH3 is 2. The number of carbonyl (C=O) groups excluding carboxylic acids is 1. The van der Waals surface area contributed by atoms with Crippen molar-refractivity contribution in [3.63, 3.8) is 0 Å². The van der Waals surface area contributed by atoms with Crippen molar-refractivity contribution in [2.45, 2.75) is 6.54 Å². The summed E-state index contributed by atoms with van der Waals surface area (Å²) in [5, 5.41) is 5.53. The molecular weight excluding hydrogens is 375 g/mol. The largest absolute Gasteiger partial charge is 0.493 e. The first-order chi connectivity index (χ1) is 14.1. The summed E-state index contributed by atoms with van der Waals surface area (Å²) in [6, 6.07) is 17.9. The molecule has 0 aliphatic heterocycles. The van der Waals surface area contributed by atoms with Gasteiger partial charge in [0.1, 0.15) is 17.3 Å². The van der Waals surface area contributed by atoms with Gasteiger partial charge in [0.05, 0.1) is 19.9 Å². The first-order valence-electron chi connectivity index (χ1n) is 8.87. The molecule has 0 unspecified atom stereocenters. The fourth-order valence-corrected chi connectivity index (χ4v) is 2.69. The van der Waals surface area contributed by atoms with E-state index in [9.17, 15) is 9.18 Å². The predicted octanol–water partition coefficient (Wildman–Crippen LogP) is 4.96. The molecule has 0 aliphatic carbocycles. The molecule has 150 valence electrons. The van der Waals surface area contributed by atoms with Crippen LogP contribution in [0, 0.1) is 5.82 Å². The highest BCUT2D eigenvalue weighted by Crippen LogP contribution is 2.34. The van der Waals surface area contributed by atoms with Gasteiger partial charge in [-0.3, -0.25) is 0 Å². The Hall–Kier alpha value is -3.74. The Morgan fingerprint density at radius 1 is 0.931 bits per heavy atom. The molecule has 3 rings (SSSR count). The fourth-order valence-electron chi connectivity index (χ4n) is 2.69. The van der Waals surface area contributed by atoms with Crippen LogP contribution in [-0.4, -0.2) is 20.3 Å². The van der Waals surface area contributed by atoms with E-state index < -0.39 is 0 Å². The van der Waals surface area contributed by atoms with Gasteiger partial charge < -0.3 is 24.8 Å². The van der Waals surface area contributed by atoms with Crippen LogP contribution in [-0.2, 0) is 6.54 Å². The van der Waals surface area contributed by atoms with Gasteiger partial charge in [0, 0.05) is 6.54 Å². The summed E-state index contributed by atoms with van der Waals surface area (Å²) in [7, 11) is 3.04. The molecule has 2 N–H and O–H groups in total. The van der Waals surface area contributed by atoms with Crippen molar-refractivity contribution in [3.05, 3.63) is 78.1 Å². The third-order valence-electron chi connectivity index (χ3n) is 4.05. The highest BCUT2D eigenvalue weighted by Gasteiger charge is 2.12. The number of para-hydroxylation sites is 1. The quantitative estimate of drug-likeness (QED) is 0.592. The van der Waals surface area contributed by atoms with Crippen LogP contribution < -0.4 is 24.8 Å². The van der Waals surface area contributed by atoms with Crippen LogP contribution in [0.15, 0.2) is 66.7 Å². The number of anilines is 1. The maximum absolute atomic E-state index is 13.0. The van der Waals surface area contributed by atoms with Crippen molar-refractivity contribution >= 4 is 11.7 Å². The zero-order valence-electron chi connectivity index (χ0n) is 16.1. The number of carbonyl (C=O) groups is 1. The van der Waals surface area contributed by atoms with Crippen LogP contribution in [0.1, 0.15) is 5.56 Å². The third kappa shape index (κ3) is 5.38. The van der Waals surface area contributed by atoms with Gasteiger partial charge in [-0.15, -0.1) is 0 Å². The lowest BCUT2D eigenvalue weighted by Gasteiger charge is -2.14. The molecule has 29 heavy (non-hydrogen) atoms. The fraction of sp³-hybridized carbons (Fsp3) is 0.136. The molecule has 0 bridgehead atoms. The number of nitrogens with one attached hydrogen (secondary N) is 2. The van der Waals surface area contributed by atoms with Crippen molar-refractivity contribution in [1.29, 1.82) is 0 Å². The number of halogens is 1. The van der Waals surface area contributed by atoms with E-state index in [2.05, 4.69) is 10.6 Å². The van der Waals surface area contributed by atoms with Gasteiger partial charge in [-0.2, -0.15) is 0 Å². The monoisotopic (exact) mass is 396 g/mol. The standard InChI is InChI=1S/C22H21FN2O4/c1-27-20-8-4-7-19(21(20)28-2)25-22(26)24-14-15-5-3-6-18(13-15)29-17-11-9-16(23)10-12-17/h3-13H,14H2,1-2H3,(H2,24,25,26). The van der Waals surface area contributed by atoms with Crippen molar-refractivity contribution in [3.8, 4) is 23.0 Å². The van der Waals surface area contributed by atoms with E-state index in [0.29, 0.717) is 35.2 Å². The number of rotatable bonds is 7. The number of benzene rings is 3. The lowest BCUT2D eigenvalue weighted by molar-refractivity contribution is 0.251. The lowest BCUT2D eigenvalue weighted by Crippen LogP contribution is -2.28. The molecule has 0 atom stereocenters.